The highest BCUT2D eigenvalue weighted by Crippen LogP contribution is 2.48. The topological polar surface area (TPSA) is 49.9 Å². The number of fused-ring (bicyclic) bond motifs is 3. The first-order valence-corrected chi connectivity index (χ1v) is 11.4. The van der Waals surface area contributed by atoms with Crippen LogP contribution < -0.4 is 4.90 Å². The van der Waals surface area contributed by atoms with Gasteiger partial charge in [-0.3, -0.25) is 9.59 Å². The maximum atomic E-state index is 13.5. The SMILES string of the molecule is COC(=O)CN1C(=O)C2(CCN(CC3CCc4ccccc4C3)CC2)c2ccccc21. The maximum Gasteiger partial charge on any atom is 0.325 e. The van der Waals surface area contributed by atoms with E-state index in [1.165, 1.54) is 31.1 Å². The molecule has 1 unspecified atom stereocenters. The van der Waals surface area contributed by atoms with Crippen molar-refractivity contribution < 1.29 is 14.3 Å². The highest BCUT2D eigenvalue weighted by Gasteiger charge is 2.52. The van der Waals surface area contributed by atoms with Crippen molar-refractivity contribution in [2.75, 3.05) is 38.2 Å². The maximum absolute atomic E-state index is 13.5. The van der Waals surface area contributed by atoms with E-state index < -0.39 is 5.41 Å². The molecule has 0 saturated carbocycles. The van der Waals surface area contributed by atoms with Crippen LogP contribution in [-0.4, -0.2) is 50.1 Å². The third-order valence-electron chi connectivity index (χ3n) is 7.55. The van der Waals surface area contributed by atoms with Gasteiger partial charge in [0.25, 0.3) is 0 Å². The number of likely N-dealkylation sites (tertiary alicyclic amines) is 1. The second kappa shape index (κ2) is 8.12. The van der Waals surface area contributed by atoms with Crippen LogP contribution in [0.4, 0.5) is 5.69 Å². The number of para-hydroxylation sites is 1. The molecule has 3 aliphatic rings. The number of carbonyl (C=O) groups is 2. The summed E-state index contributed by atoms with van der Waals surface area (Å²) in [5.41, 5.74) is 4.46. The van der Waals surface area contributed by atoms with Gasteiger partial charge in [-0.1, -0.05) is 42.5 Å². The van der Waals surface area contributed by atoms with Crippen LogP contribution in [0.5, 0.6) is 0 Å². The summed E-state index contributed by atoms with van der Waals surface area (Å²) in [4.78, 5) is 29.6. The second-order valence-corrected chi connectivity index (χ2v) is 9.24. The first-order valence-electron chi connectivity index (χ1n) is 11.4. The van der Waals surface area contributed by atoms with E-state index in [0.29, 0.717) is 5.92 Å². The van der Waals surface area contributed by atoms with Crippen molar-refractivity contribution in [1.82, 2.24) is 4.90 Å². The first kappa shape index (κ1) is 20.3. The van der Waals surface area contributed by atoms with Crippen molar-refractivity contribution in [1.29, 1.82) is 0 Å². The number of amides is 1. The lowest BCUT2D eigenvalue weighted by molar-refractivity contribution is -0.140. The number of hydrogen-bond acceptors (Lipinski definition) is 4. The van der Waals surface area contributed by atoms with Gasteiger partial charge in [0.1, 0.15) is 6.54 Å². The molecule has 1 atom stereocenters. The summed E-state index contributed by atoms with van der Waals surface area (Å²) in [6.07, 6.45) is 5.19. The van der Waals surface area contributed by atoms with Crippen LogP contribution in [0, 0.1) is 5.92 Å². The molecule has 2 aliphatic heterocycles. The molecule has 1 aliphatic carbocycles. The highest BCUT2D eigenvalue weighted by molar-refractivity contribution is 6.10. The molecule has 2 aromatic rings. The Morgan fingerprint density at radius 3 is 2.55 bits per heavy atom. The van der Waals surface area contributed by atoms with Crippen LogP contribution in [0.2, 0.25) is 0 Å². The molecule has 2 heterocycles. The molecular formula is C26H30N2O3. The van der Waals surface area contributed by atoms with Crippen LogP contribution in [-0.2, 0) is 32.6 Å². The van der Waals surface area contributed by atoms with Gasteiger partial charge in [-0.2, -0.15) is 0 Å². The van der Waals surface area contributed by atoms with Gasteiger partial charge in [0.05, 0.1) is 12.5 Å². The molecule has 1 saturated heterocycles. The average molecular weight is 419 g/mol. The van der Waals surface area contributed by atoms with E-state index >= 15 is 0 Å². The van der Waals surface area contributed by atoms with E-state index in [9.17, 15) is 9.59 Å². The summed E-state index contributed by atoms with van der Waals surface area (Å²) in [5, 5.41) is 0. The van der Waals surface area contributed by atoms with Gasteiger partial charge in [-0.25, -0.2) is 0 Å². The Bertz CT molecular complexity index is 994. The molecule has 2 aromatic carbocycles. The Labute approximate surface area is 184 Å². The number of piperidine rings is 1. The molecule has 1 fully saturated rings. The number of rotatable bonds is 4. The van der Waals surface area contributed by atoms with E-state index in [4.69, 9.17) is 4.74 Å². The monoisotopic (exact) mass is 418 g/mol. The largest absolute Gasteiger partial charge is 0.468 e. The lowest BCUT2D eigenvalue weighted by Gasteiger charge is -2.40. The molecule has 1 amide bonds. The van der Waals surface area contributed by atoms with Crippen LogP contribution in [0.15, 0.2) is 48.5 Å². The zero-order chi connectivity index (χ0) is 21.4. The molecule has 0 radical (unpaired) electrons. The summed E-state index contributed by atoms with van der Waals surface area (Å²) in [7, 11) is 1.37. The number of carbonyl (C=O) groups excluding carboxylic acids is 2. The number of anilines is 1. The van der Waals surface area contributed by atoms with Crippen molar-refractivity contribution >= 4 is 17.6 Å². The number of aryl methyl sites for hydroxylation is 1. The van der Waals surface area contributed by atoms with Crippen LogP contribution in [0.3, 0.4) is 0 Å². The molecule has 1 spiro atoms. The molecule has 31 heavy (non-hydrogen) atoms. The third-order valence-corrected chi connectivity index (χ3v) is 7.55. The van der Waals surface area contributed by atoms with Crippen molar-refractivity contribution in [2.24, 2.45) is 5.92 Å². The zero-order valence-corrected chi connectivity index (χ0v) is 18.2. The number of hydrogen-bond donors (Lipinski definition) is 0. The Kier molecular flexibility index (Phi) is 5.30. The number of nitrogens with zero attached hydrogens (tertiary/aromatic N) is 2. The molecule has 0 N–H and O–H groups in total. The van der Waals surface area contributed by atoms with Gasteiger partial charge in [0.2, 0.25) is 5.91 Å². The van der Waals surface area contributed by atoms with E-state index in [-0.39, 0.29) is 18.4 Å². The minimum absolute atomic E-state index is 0.0146. The molecule has 0 bridgehead atoms. The molecule has 5 heteroatoms. The molecule has 0 aromatic heterocycles. The highest BCUT2D eigenvalue weighted by atomic mass is 16.5. The van der Waals surface area contributed by atoms with Gasteiger partial charge < -0.3 is 14.5 Å². The van der Waals surface area contributed by atoms with Crippen molar-refractivity contribution in [3.05, 3.63) is 65.2 Å². The summed E-state index contributed by atoms with van der Waals surface area (Å²) in [6, 6.07) is 16.8. The Hall–Kier alpha value is -2.66. The fourth-order valence-corrected chi connectivity index (χ4v) is 5.84. The summed E-state index contributed by atoms with van der Waals surface area (Å²) in [6.45, 7) is 2.93. The Morgan fingerprint density at radius 2 is 1.77 bits per heavy atom. The predicted molar refractivity (Wildman–Crippen MR) is 120 cm³/mol. The summed E-state index contributed by atoms with van der Waals surface area (Å²) < 4.78 is 4.84. The van der Waals surface area contributed by atoms with E-state index in [1.807, 2.05) is 18.2 Å². The predicted octanol–water partition coefficient (Wildman–Crippen LogP) is 3.34. The standard InChI is InChI=1S/C26H30N2O3/c1-31-24(29)18-28-23-9-5-4-8-22(23)26(25(28)30)12-14-27(15-13-26)17-19-10-11-20-6-2-3-7-21(20)16-19/h2-9,19H,10-18H2,1H3. The smallest absolute Gasteiger partial charge is 0.325 e. The fraction of sp³-hybridized carbons (Fsp3) is 0.462. The summed E-state index contributed by atoms with van der Waals surface area (Å²) >= 11 is 0. The average Bonchev–Trinajstić information content (AvgIpc) is 3.03. The van der Waals surface area contributed by atoms with Gasteiger partial charge in [0, 0.05) is 12.2 Å². The molecule has 5 rings (SSSR count). The Balaban J connectivity index is 1.28. The van der Waals surface area contributed by atoms with E-state index in [1.54, 1.807) is 4.90 Å². The minimum atomic E-state index is -0.500. The van der Waals surface area contributed by atoms with Crippen molar-refractivity contribution in [3.8, 4) is 0 Å². The number of methoxy groups -OCH3 is 1. The van der Waals surface area contributed by atoms with E-state index in [2.05, 4.69) is 35.2 Å². The van der Waals surface area contributed by atoms with Crippen LogP contribution >= 0.6 is 0 Å². The molecular weight excluding hydrogens is 388 g/mol. The number of benzene rings is 2. The lowest BCUT2D eigenvalue weighted by atomic mass is 9.73. The van der Waals surface area contributed by atoms with Crippen LogP contribution in [0.25, 0.3) is 0 Å². The van der Waals surface area contributed by atoms with Crippen molar-refractivity contribution in [2.45, 2.75) is 37.5 Å². The van der Waals surface area contributed by atoms with Crippen LogP contribution in [0.1, 0.15) is 36.0 Å². The second-order valence-electron chi connectivity index (χ2n) is 9.24. The van der Waals surface area contributed by atoms with Gasteiger partial charge in [0.15, 0.2) is 0 Å². The minimum Gasteiger partial charge on any atom is -0.468 e. The lowest BCUT2D eigenvalue weighted by Crippen LogP contribution is -2.50. The summed E-state index contributed by atoms with van der Waals surface area (Å²) in [5.74, 6) is 0.368. The quantitative estimate of drug-likeness (QED) is 0.715. The third kappa shape index (κ3) is 3.55. The van der Waals surface area contributed by atoms with Gasteiger partial charge in [-0.15, -0.1) is 0 Å². The van der Waals surface area contributed by atoms with E-state index in [0.717, 1.165) is 50.1 Å². The number of ether oxygens (including phenoxy) is 1. The zero-order valence-electron chi connectivity index (χ0n) is 18.2. The van der Waals surface area contributed by atoms with Crippen molar-refractivity contribution in [3.63, 3.8) is 0 Å². The molecule has 162 valence electrons. The number of esters is 1. The normalized spacial score (nSPS) is 22.3. The Morgan fingerprint density at radius 1 is 1.06 bits per heavy atom. The fourth-order valence-electron chi connectivity index (χ4n) is 5.84. The van der Waals surface area contributed by atoms with Gasteiger partial charge >= 0.3 is 5.97 Å². The first-order chi connectivity index (χ1) is 15.1. The van der Waals surface area contributed by atoms with Gasteiger partial charge in [-0.05, 0) is 73.9 Å². The molecule has 5 nitrogen and oxygen atoms in total.